The predicted molar refractivity (Wildman–Crippen MR) is 72.3 cm³/mol. The molecule has 0 amide bonds. The van der Waals surface area contributed by atoms with Crippen molar-refractivity contribution < 1.29 is 8.42 Å². The minimum atomic E-state index is -3.25. The lowest BCUT2D eigenvalue weighted by Crippen LogP contribution is -2.50. The van der Waals surface area contributed by atoms with Crippen LogP contribution in [0.3, 0.4) is 0 Å². The molecule has 0 radical (unpaired) electrons. The molecule has 2 rings (SSSR count). The van der Waals surface area contributed by atoms with E-state index in [0.29, 0.717) is 32.1 Å². The lowest BCUT2D eigenvalue weighted by molar-refractivity contribution is 0.246. The van der Waals surface area contributed by atoms with E-state index in [1.165, 1.54) is 0 Å². The van der Waals surface area contributed by atoms with Gasteiger partial charge in [-0.05, 0) is 44.6 Å². The molecule has 2 saturated heterocycles. The highest BCUT2D eigenvalue weighted by atomic mass is 32.2. The maximum absolute atomic E-state index is 12.6. The van der Waals surface area contributed by atoms with Gasteiger partial charge in [0.05, 0.1) is 0 Å². The zero-order valence-electron chi connectivity index (χ0n) is 11.2. The second kappa shape index (κ2) is 5.86. The van der Waals surface area contributed by atoms with Gasteiger partial charge >= 0.3 is 0 Å². The van der Waals surface area contributed by atoms with Gasteiger partial charge < -0.3 is 5.73 Å². The van der Waals surface area contributed by atoms with E-state index in [-0.39, 0.29) is 6.04 Å². The molecular formula is C12H25N3O2S. The SMILES string of the molecule is CCC1CCCN1S(=O)(=O)N1CCCC(CN)C1. The first-order valence-electron chi connectivity index (χ1n) is 7.06. The predicted octanol–water partition coefficient (Wildman–Crippen LogP) is 0.776. The molecule has 0 aromatic heterocycles. The molecule has 0 aliphatic carbocycles. The van der Waals surface area contributed by atoms with Crippen molar-refractivity contribution in [1.29, 1.82) is 0 Å². The molecule has 2 N–H and O–H groups in total. The van der Waals surface area contributed by atoms with Crippen molar-refractivity contribution in [3.05, 3.63) is 0 Å². The van der Waals surface area contributed by atoms with Crippen molar-refractivity contribution in [3.63, 3.8) is 0 Å². The topological polar surface area (TPSA) is 66.6 Å². The molecule has 0 aromatic rings. The Labute approximate surface area is 110 Å². The van der Waals surface area contributed by atoms with E-state index >= 15 is 0 Å². The minimum Gasteiger partial charge on any atom is -0.330 e. The van der Waals surface area contributed by atoms with Gasteiger partial charge in [-0.2, -0.15) is 17.0 Å². The third-order valence-corrected chi connectivity index (χ3v) is 6.29. The van der Waals surface area contributed by atoms with Crippen LogP contribution in [0, 0.1) is 5.92 Å². The summed E-state index contributed by atoms with van der Waals surface area (Å²) in [6, 6.07) is 0.202. The van der Waals surface area contributed by atoms with E-state index in [1.807, 2.05) is 0 Å². The van der Waals surface area contributed by atoms with E-state index in [2.05, 4.69) is 6.92 Å². The van der Waals surface area contributed by atoms with Crippen molar-refractivity contribution in [2.24, 2.45) is 11.7 Å². The Morgan fingerprint density at radius 2 is 1.94 bits per heavy atom. The Bertz CT molecular complexity index is 372. The lowest BCUT2D eigenvalue weighted by Gasteiger charge is -2.35. The number of hydrogen-bond donors (Lipinski definition) is 1. The zero-order chi connectivity index (χ0) is 13.2. The van der Waals surface area contributed by atoms with Crippen LogP contribution >= 0.6 is 0 Å². The second-order valence-electron chi connectivity index (χ2n) is 5.42. The maximum Gasteiger partial charge on any atom is 0.282 e. The van der Waals surface area contributed by atoms with Crippen LogP contribution in [0.25, 0.3) is 0 Å². The summed E-state index contributed by atoms with van der Waals surface area (Å²) in [5.41, 5.74) is 5.68. The molecule has 0 spiro atoms. The van der Waals surface area contributed by atoms with E-state index < -0.39 is 10.2 Å². The molecule has 0 saturated carbocycles. The smallest absolute Gasteiger partial charge is 0.282 e. The largest absolute Gasteiger partial charge is 0.330 e. The molecular weight excluding hydrogens is 250 g/mol. The highest BCUT2D eigenvalue weighted by Crippen LogP contribution is 2.27. The summed E-state index contributed by atoms with van der Waals surface area (Å²) in [7, 11) is -3.25. The highest BCUT2D eigenvalue weighted by molar-refractivity contribution is 7.86. The van der Waals surface area contributed by atoms with Gasteiger partial charge in [0.2, 0.25) is 0 Å². The molecule has 0 aromatic carbocycles. The van der Waals surface area contributed by atoms with Crippen LogP contribution in [-0.2, 0) is 10.2 Å². The standard InChI is InChI=1S/C12H25N3O2S/c1-2-12-6-4-8-15(12)18(16,17)14-7-3-5-11(9-13)10-14/h11-12H,2-10,13H2,1H3. The third kappa shape index (κ3) is 2.71. The fourth-order valence-electron chi connectivity index (χ4n) is 3.10. The molecule has 5 nitrogen and oxygen atoms in total. The number of hydrogen-bond acceptors (Lipinski definition) is 3. The van der Waals surface area contributed by atoms with Gasteiger partial charge in [-0.3, -0.25) is 0 Å². The van der Waals surface area contributed by atoms with Crippen LogP contribution in [0.1, 0.15) is 39.0 Å². The highest BCUT2D eigenvalue weighted by Gasteiger charge is 2.38. The molecule has 2 fully saturated rings. The molecule has 18 heavy (non-hydrogen) atoms. The summed E-state index contributed by atoms with van der Waals surface area (Å²) in [5.74, 6) is 0.330. The molecule has 6 heteroatoms. The summed E-state index contributed by atoms with van der Waals surface area (Å²) in [6.45, 7) is 4.60. The average molecular weight is 275 g/mol. The van der Waals surface area contributed by atoms with Crippen molar-refractivity contribution in [3.8, 4) is 0 Å². The van der Waals surface area contributed by atoms with Crippen LogP contribution in [0.2, 0.25) is 0 Å². The quantitative estimate of drug-likeness (QED) is 0.824. The summed E-state index contributed by atoms with van der Waals surface area (Å²) in [6.07, 6.45) is 4.90. The van der Waals surface area contributed by atoms with Crippen molar-refractivity contribution >= 4 is 10.2 Å². The van der Waals surface area contributed by atoms with Crippen LogP contribution in [0.4, 0.5) is 0 Å². The van der Waals surface area contributed by atoms with Gasteiger partial charge in [0, 0.05) is 25.7 Å². The van der Waals surface area contributed by atoms with E-state index in [1.54, 1.807) is 8.61 Å². The van der Waals surface area contributed by atoms with Crippen LogP contribution in [-0.4, -0.2) is 49.2 Å². The molecule has 0 bridgehead atoms. The molecule has 106 valence electrons. The Hall–Kier alpha value is -0.170. The monoisotopic (exact) mass is 275 g/mol. The fourth-order valence-corrected chi connectivity index (χ4v) is 5.14. The zero-order valence-corrected chi connectivity index (χ0v) is 12.0. The summed E-state index contributed by atoms with van der Waals surface area (Å²) >= 11 is 0. The van der Waals surface area contributed by atoms with E-state index in [0.717, 1.165) is 32.1 Å². The van der Waals surface area contributed by atoms with Crippen LogP contribution in [0.15, 0.2) is 0 Å². The van der Waals surface area contributed by atoms with Gasteiger partial charge in [0.1, 0.15) is 0 Å². The summed E-state index contributed by atoms with van der Waals surface area (Å²) < 4.78 is 28.6. The van der Waals surface area contributed by atoms with E-state index in [9.17, 15) is 8.42 Å². The van der Waals surface area contributed by atoms with Crippen molar-refractivity contribution in [2.75, 3.05) is 26.2 Å². The van der Waals surface area contributed by atoms with E-state index in [4.69, 9.17) is 5.73 Å². The molecule has 2 atom stereocenters. The first-order chi connectivity index (χ1) is 8.59. The third-order valence-electron chi connectivity index (χ3n) is 4.23. The number of rotatable bonds is 4. The Morgan fingerprint density at radius 1 is 1.22 bits per heavy atom. The van der Waals surface area contributed by atoms with Crippen LogP contribution in [0.5, 0.6) is 0 Å². The minimum absolute atomic E-state index is 0.202. The maximum atomic E-state index is 12.6. The average Bonchev–Trinajstić information content (AvgIpc) is 2.88. The number of piperidine rings is 1. The van der Waals surface area contributed by atoms with Gasteiger partial charge in [0.15, 0.2) is 0 Å². The Balaban J connectivity index is 2.10. The van der Waals surface area contributed by atoms with Gasteiger partial charge in [-0.15, -0.1) is 0 Å². The van der Waals surface area contributed by atoms with Crippen molar-refractivity contribution in [1.82, 2.24) is 8.61 Å². The van der Waals surface area contributed by atoms with Crippen molar-refractivity contribution in [2.45, 2.75) is 45.1 Å². The molecule has 2 aliphatic rings. The number of nitrogens with zero attached hydrogens (tertiary/aromatic N) is 2. The van der Waals surface area contributed by atoms with Crippen LogP contribution < -0.4 is 5.73 Å². The number of nitrogens with two attached hydrogens (primary N) is 1. The lowest BCUT2D eigenvalue weighted by atomic mass is 10.0. The van der Waals surface area contributed by atoms with Gasteiger partial charge in [-0.1, -0.05) is 6.92 Å². The Morgan fingerprint density at radius 3 is 2.61 bits per heavy atom. The molecule has 2 aliphatic heterocycles. The Kier molecular flexibility index (Phi) is 4.64. The summed E-state index contributed by atoms with van der Waals surface area (Å²) in [5, 5.41) is 0. The fraction of sp³-hybridized carbons (Fsp3) is 1.00. The second-order valence-corrected chi connectivity index (χ2v) is 7.31. The first-order valence-corrected chi connectivity index (χ1v) is 8.46. The first kappa shape index (κ1) is 14.2. The normalized spacial score (nSPS) is 31.9. The van der Waals surface area contributed by atoms with Gasteiger partial charge in [0.25, 0.3) is 10.2 Å². The van der Waals surface area contributed by atoms with Gasteiger partial charge in [-0.25, -0.2) is 0 Å². The molecule has 2 unspecified atom stereocenters. The summed E-state index contributed by atoms with van der Waals surface area (Å²) in [4.78, 5) is 0. The molecule has 2 heterocycles.